The maximum Gasteiger partial charge on any atom is 0.227 e. The second-order valence-corrected chi connectivity index (χ2v) is 6.39. The van der Waals surface area contributed by atoms with E-state index in [1.54, 1.807) is 4.90 Å². The number of hydrogen-bond acceptors (Lipinski definition) is 3. The molecular weight excluding hydrogens is 336 g/mol. The van der Waals surface area contributed by atoms with Crippen LogP contribution in [0.15, 0.2) is 28.7 Å². The van der Waals surface area contributed by atoms with Crippen LogP contribution in [0.4, 0.5) is 0 Å². The smallest absolute Gasteiger partial charge is 0.227 e. The highest BCUT2D eigenvalue weighted by Crippen LogP contribution is 2.33. The molecule has 0 unspecified atom stereocenters. The van der Waals surface area contributed by atoms with Gasteiger partial charge >= 0.3 is 0 Å². The Kier molecular flexibility index (Phi) is 3.80. The second kappa shape index (κ2) is 5.60. The quantitative estimate of drug-likeness (QED) is 0.820. The van der Waals surface area contributed by atoms with Crippen molar-refractivity contribution >= 4 is 33.7 Å². The molecule has 1 aromatic rings. The van der Waals surface area contributed by atoms with Crippen LogP contribution in [0.25, 0.3) is 0 Å². The van der Waals surface area contributed by atoms with Gasteiger partial charge in [-0.2, -0.15) is 0 Å². The Morgan fingerprint density at radius 1 is 1.14 bits per heavy atom. The zero-order chi connectivity index (χ0) is 15.0. The van der Waals surface area contributed by atoms with E-state index in [1.165, 1.54) is 5.56 Å². The lowest BCUT2D eigenvalue weighted by molar-refractivity contribution is -0.148. The molecule has 2 heterocycles. The Labute approximate surface area is 130 Å². The summed E-state index contributed by atoms with van der Waals surface area (Å²) in [5.41, 5.74) is 1.19. The predicted octanol–water partition coefficient (Wildman–Crippen LogP) is 1.43. The Morgan fingerprint density at radius 3 is 2.38 bits per heavy atom. The molecule has 0 spiro atoms. The maximum atomic E-state index is 12.3. The molecule has 2 saturated heterocycles. The van der Waals surface area contributed by atoms with Crippen LogP contribution in [-0.4, -0.2) is 35.7 Å². The van der Waals surface area contributed by atoms with Gasteiger partial charge in [0.1, 0.15) is 0 Å². The van der Waals surface area contributed by atoms with Gasteiger partial charge in [-0.3, -0.25) is 19.7 Å². The standard InChI is InChI=1S/C15H15BrN2O3/c16-12-4-2-1-3-11(12)10-7-18(8-10)15(21)9-5-13(19)17-14(20)6-9/h1-4,9-10H,5-8H2,(H,17,19,20). The predicted molar refractivity (Wildman–Crippen MR) is 79.3 cm³/mol. The summed E-state index contributed by atoms with van der Waals surface area (Å²) < 4.78 is 1.05. The van der Waals surface area contributed by atoms with Gasteiger partial charge in [-0.05, 0) is 11.6 Å². The lowest BCUT2D eigenvalue weighted by Crippen LogP contribution is -2.53. The average molecular weight is 351 g/mol. The first kappa shape index (κ1) is 14.3. The van der Waals surface area contributed by atoms with Crippen LogP contribution in [0.2, 0.25) is 0 Å². The summed E-state index contributed by atoms with van der Waals surface area (Å²) in [6.07, 6.45) is 0.224. The van der Waals surface area contributed by atoms with E-state index in [0.29, 0.717) is 19.0 Å². The van der Waals surface area contributed by atoms with Crippen LogP contribution in [0.5, 0.6) is 0 Å². The van der Waals surface area contributed by atoms with Crippen LogP contribution in [0.1, 0.15) is 24.3 Å². The van der Waals surface area contributed by atoms with Gasteiger partial charge in [0, 0.05) is 36.3 Å². The van der Waals surface area contributed by atoms with Crippen LogP contribution in [-0.2, 0) is 14.4 Å². The average Bonchev–Trinajstić information content (AvgIpc) is 2.38. The fourth-order valence-corrected chi connectivity index (χ4v) is 3.48. The fraction of sp³-hybridized carbons (Fsp3) is 0.400. The molecule has 3 amide bonds. The van der Waals surface area contributed by atoms with E-state index in [2.05, 4.69) is 21.2 Å². The van der Waals surface area contributed by atoms with E-state index in [1.807, 2.05) is 24.3 Å². The minimum absolute atomic E-state index is 0.0819. The van der Waals surface area contributed by atoms with Crippen LogP contribution < -0.4 is 5.32 Å². The van der Waals surface area contributed by atoms with Crippen LogP contribution in [0.3, 0.4) is 0 Å². The number of nitrogens with one attached hydrogen (secondary N) is 1. The molecule has 0 radical (unpaired) electrons. The van der Waals surface area contributed by atoms with E-state index in [-0.39, 0.29) is 30.6 Å². The highest BCUT2D eigenvalue weighted by molar-refractivity contribution is 9.10. The third-order valence-electron chi connectivity index (χ3n) is 4.03. The third kappa shape index (κ3) is 2.85. The second-order valence-electron chi connectivity index (χ2n) is 5.54. The molecule has 0 saturated carbocycles. The number of rotatable bonds is 2. The van der Waals surface area contributed by atoms with Crippen molar-refractivity contribution in [2.45, 2.75) is 18.8 Å². The van der Waals surface area contributed by atoms with Crippen molar-refractivity contribution in [3.63, 3.8) is 0 Å². The normalized spacial score (nSPS) is 20.1. The molecule has 2 aliphatic heterocycles. The number of imide groups is 1. The first-order valence-electron chi connectivity index (χ1n) is 6.90. The van der Waals surface area contributed by atoms with Crippen LogP contribution >= 0.6 is 15.9 Å². The molecule has 0 aliphatic carbocycles. The van der Waals surface area contributed by atoms with Gasteiger partial charge in [0.05, 0.1) is 5.92 Å². The number of carbonyl (C=O) groups is 3. The lowest BCUT2D eigenvalue weighted by atomic mass is 9.88. The van der Waals surface area contributed by atoms with Crippen molar-refractivity contribution in [2.75, 3.05) is 13.1 Å². The van der Waals surface area contributed by atoms with E-state index in [4.69, 9.17) is 0 Å². The van der Waals surface area contributed by atoms with E-state index in [9.17, 15) is 14.4 Å². The maximum absolute atomic E-state index is 12.3. The van der Waals surface area contributed by atoms with Crippen molar-refractivity contribution in [1.82, 2.24) is 10.2 Å². The first-order valence-corrected chi connectivity index (χ1v) is 7.70. The number of likely N-dealkylation sites (tertiary alicyclic amines) is 1. The number of halogens is 1. The molecule has 1 aromatic carbocycles. The van der Waals surface area contributed by atoms with Crippen molar-refractivity contribution < 1.29 is 14.4 Å². The van der Waals surface area contributed by atoms with Gasteiger partial charge in [-0.1, -0.05) is 34.1 Å². The number of nitrogens with zero attached hydrogens (tertiary/aromatic N) is 1. The van der Waals surface area contributed by atoms with Crippen molar-refractivity contribution in [2.24, 2.45) is 5.92 Å². The minimum Gasteiger partial charge on any atom is -0.341 e. The molecule has 110 valence electrons. The molecule has 5 nitrogen and oxygen atoms in total. The largest absolute Gasteiger partial charge is 0.341 e. The molecule has 0 atom stereocenters. The number of amides is 3. The molecule has 2 aliphatic rings. The van der Waals surface area contributed by atoms with Gasteiger partial charge < -0.3 is 4.90 Å². The molecule has 0 aromatic heterocycles. The highest BCUT2D eigenvalue weighted by Gasteiger charge is 2.39. The zero-order valence-electron chi connectivity index (χ0n) is 11.3. The molecule has 1 N–H and O–H groups in total. The van der Waals surface area contributed by atoms with Gasteiger partial charge in [0.25, 0.3) is 0 Å². The van der Waals surface area contributed by atoms with Crippen molar-refractivity contribution in [3.8, 4) is 0 Å². The van der Waals surface area contributed by atoms with E-state index >= 15 is 0 Å². The Balaban J connectivity index is 1.61. The Bertz CT molecular complexity index is 595. The first-order chi connectivity index (χ1) is 10.0. The van der Waals surface area contributed by atoms with Crippen LogP contribution in [0, 0.1) is 5.92 Å². The lowest BCUT2D eigenvalue weighted by Gasteiger charge is -2.42. The molecule has 21 heavy (non-hydrogen) atoms. The number of hydrogen-bond donors (Lipinski definition) is 1. The summed E-state index contributed by atoms with van der Waals surface area (Å²) in [7, 11) is 0. The topological polar surface area (TPSA) is 66.5 Å². The highest BCUT2D eigenvalue weighted by atomic mass is 79.9. The molecule has 3 rings (SSSR count). The fourth-order valence-electron chi connectivity index (χ4n) is 2.87. The molecule has 0 bridgehead atoms. The molecule has 6 heteroatoms. The summed E-state index contributed by atoms with van der Waals surface area (Å²) in [4.78, 5) is 36.7. The number of benzene rings is 1. The summed E-state index contributed by atoms with van der Waals surface area (Å²) >= 11 is 3.52. The summed E-state index contributed by atoms with van der Waals surface area (Å²) in [6.45, 7) is 1.29. The third-order valence-corrected chi connectivity index (χ3v) is 4.75. The van der Waals surface area contributed by atoms with Gasteiger partial charge in [0.15, 0.2) is 0 Å². The number of piperidine rings is 1. The Morgan fingerprint density at radius 2 is 1.76 bits per heavy atom. The minimum atomic E-state index is -0.494. The number of carbonyl (C=O) groups excluding carboxylic acids is 3. The zero-order valence-corrected chi connectivity index (χ0v) is 12.9. The van der Waals surface area contributed by atoms with E-state index in [0.717, 1.165) is 4.47 Å². The monoisotopic (exact) mass is 350 g/mol. The van der Waals surface area contributed by atoms with Crippen molar-refractivity contribution in [3.05, 3.63) is 34.3 Å². The van der Waals surface area contributed by atoms with Crippen molar-refractivity contribution in [1.29, 1.82) is 0 Å². The Hall–Kier alpha value is -1.69. The van der Waals surface area contributed by atoms with E-state index < -0.39 is 5.92 Å². The summed E-state index contributed by atoms with van der Waals surface area (Å²) in [6, 6.07) is 7.98. The van der Waals surface area contributed by atoms with Gasteiger partial charge in [-0.15, -0.1) is 0 Å². The molecule has 2 fully saturated rings. The SMILES string of the molecule is O=C1CC(C(=O)N2CC(c3ccccc3Br)C2)CC(=O)N1. The summed E-state index contributed by atoms with van der Waals surface area (Å²) in [5.74, 6) is -0.967. The molecular formula is C15H15BrN2O3. The summed E-state index contributed by atoms with van der Waals surface area (Å²) in [5, 5.41) is 2.23. The van der Waals surface area contributed by atoms with Gasteiger partial charge in [0.2, 0.25) is 17.7 Å². The van der Waals surface area contributed by atoms with Gasteiger partial charge in [-0.25, -0.2) is 0 Å².